The smallest absolute Gasteiger partial charge is 0.250 e. The van der Waals surface area contributed by atoms with Crippen LogP contribution in [0.15, 0.2) is 37.7 Å². The van der Waals surface area contributed by atoms with E-state index >= 15 is 0 Å². The van der Waals surface area contributed by atoms with Crippen LogP contribution in [0.1, 0.15) is 73.8 Å². The predicted molar refractivity (Wildman–Crippen MR) is 121 cm³/mol. The Labute approximate surface area is 173 Å². The Hall–Kier alpha value is -1.75. The SMILES string of the molecule is CCCCNc1c(C(C)=C2C=C(C(C)(C)C)OC(C(C)(C)C)=C2S)c(=O)c1=O. The summed E-state index contributed by atoms with van der Waals surface area (Å²) in [7, 11) is 0. The molecule has 0 spiro atoms. The molecule has 2 rings (SSSR count). The Balaban J connectivity index is 2.66. The van der Waals surface area contributed by atoms with Crippen molar-refractivity contribution in [3.05, 3.63) is 54.1 Å². The van der Waals surface area contributed by atoms with E-state index in [1.54, 1.807) is 0 Å². The van der Waals surface area contributed by atoms with E-state index in [4.69, 9.17) is 17.4 Å². The fourth-order valence-corrected chi connectivity index (χ4v) is 3.73. The molecule has 1 aromatic carbocycles. The fraction of sp³-hybridized carbons (Fsp3) is 0.565. The van der Waals surface area contributed by atoms with Gasteiger partial charge in [0.2, 0.25) is 10.9 Å². The molecule has 0 radical (unpaired) electrons. The van der Waals surface area contributed by atoms with Gasteiger partial charge in [0.15, 0.2) is 0 Å². The molecule has 0 saturated heterocycles. The van der Waals surface area contributed by atoms with Gasteiger partial charge in [0.1, 0.15) is 11.5 Å². The molecule has 0 aliphatic carbocycles. The molecule has 1 heterocycles. The van der Waals surface area contributed by atoms with Crippen LogP contribution < -0.4 is 16.2 Å². The summed E-state index contributed by atoms with van der Waals surface area (Å²) in [5.41, 5.74) is 1.20. The standard InChI is InChI=1S/C23H33NO3S/c1-9-10-11-24-17-16(18(25)19(17)26)13(2)14-12-15(22(3,4)5)27-21(20(14)28)23(6,7)8/h12,24,28H,9-11H2,1-8H3. The maximum absolute atomic E-state index is 12.4. The molecule has 0 fully saturated rings. The van der Waals surface area contributed by atoms with E-state index < -0.39 is 10.9 Å². The van der Waals surface area contributed by atoms with Crippen LogP contribution in [-0.4, -0.2) is 6.54 Å². The Bertz CT molecular complexity index is 927. The summed E-state index contributed by atoms with van der Waals surface area (Å²) in [6.07, 6.45) is 3.92. The van der Waals surface area contributed by atoms with Gasteiger partial charge in [-0.3, -0.25) is 9.59 Å². The zero-order valence-corrected chi connectivity index (χ0v) is 19.3. The number of rotatable bonds is 5. The number of ether oxygens (including phenoxy) is 1. The van der Waals surface area contributed by atoms with Gasteiger partial charge in [-0.15, -0.1) is 12.6 Å². The highest BCUT2D eigenvalue weighted by Crippen LogP contribution is 2.45. The van der Waals surface area contributed by atoms with E-state index in [1.807, 2.05) is 13.0 Å². The quantitative estimate of drug-likeness (QED) is 0.392. The Morgan fingerprint density at radius 3 is 2.18 bits per heavy atom. The van der Waals surface area contributed by atoms with Gasteiger partial charge >= 0.3 is 0 Å². The monoisotopic (exact) mass is 403 g/mol. The van der Waals surface area contributed by atoms with Crippen LogP contribution in [0.3, 0.4) is 0 Å². The third-order valence-corrected chi connectivity index (χ3v) is 5.34. The lowest BCUT2D eigenvalue weighted by Gasteiger charge is -2.35. The van der Waals surface area contributed by atoms with Gasteiger partial charge in [0, 0.05) is 17.4 Å². The van der Waals surface area contributed by atoms with Crippen molar-refractivity contribution in [3.8, 4) is 0 Å². The van der Waals surface area contributed by atoms with E-state index in [9.17, 15) is 9.59 Å². The summed E-state index contributed by atoms with van der Waals surface area (Å²) in [6, 6.07) is 0. The number of hydrogen-bond donors (Lipinski definition) is 2. The summed E-state index contributed by atoms with van der Waals surface area (Å²) < 4.78 is 6.24. The van der Waals surface area contributed by atoms with Crippen molar-refractivity contribution < 1.29 is 4.74 Å². The molecule has 1 aliphatic rings. The highest BCUT2D eigenvalue weighted by molar-refractivity contribution is 7.84. The third-order valence-electron chi connectivity index (χ3n) is 4.90. The van der Waals surface area contributed by atoms with Crippen LogP contribution in [-0.2, 0) is 4.74 Å². The summed E-state index contributed by atoms with van der Waals surface area (Å²) in [5, 5.41) is 3.15. The van der Waals surface area contributed by atoms with Crippen LogP contribution in [0.2, 0.25) is 0 Å². The highest BCUT2D eigenvalue weighted by atomic mass is 32.1. The molecule has 4 nitrogen and oxygen atoms in total. The first kappa shape index (κ1) is 22.5. The van der Waals surface area contributed by atoms with Crippen molar-refractivity contribution >= 4 is 23.9 Å². The molecule has 0 atom stereocenters. The lowest BCUT2D eigenvalue weighted by molar-refractivity contribution is 0.160. The minimum atomic E-state index is -0.432. The molecular formula is C23H33NO3S. The first-order chi connectivity index (χ1) is 12.8. The van der Waals surface area contributed by atoms with Crippen LogP contribution >= 0.6 is 12.6 Å². The second kappa shape index (κ2) is 7.94. The Kier molecular flexibility index (Phi) is 6.39. The predicted octanol–water partition coefficient (Wildman–Crippen LogP) is 5.42. The second-order valence-electron chi connectivity index (χ2n) is 9.52. The zero-order chi connectivity index (χ0) is 21.4. The van der Waals surface area contributed by atoms with Crippen molar-refractivity contribution in [1.29, 1.82) is 0 Å². The number of hydrogen-bond acceptors (Lipinski definition) is 5. The molecule has 1 aliphatic heterocycles. The van der Waals surface area contributed by atoms with Crippen LogP contribution in [0.4, 0.5) is 5.69 Å². The van der Waals surface area contributed by atoms with Gasteiger partial charge in [-0.05, 0) is 30.6 Å². The van der Waals surface area contributed by atoms with Crippen molar-refractivity contribution in [1.82, 2.24) is 0 Å². The molecular weight excluding hydrogens is 370 g/mol. The van der Waals surface area contributed by atoms with Gasteiger partial charge in [-0.2, -0.15) is 0 Å². The number of unbranched alkanes of at least 4 members (excludes halogenated alkanes) is 1. The number of thiol groups is 1. The van der Waals surface area contributed by atoms with E-state index in [0.29, 0.717) is 22.7 Å². The van der Waals surface area contributed by atoms with E-state index in [0.717, 1.165) is 35.5 Å². The number of allylic oxidation sites excluding steroid dienone is 5. The van der Waals surface area contributed by atoms with E-state index in [-0.39, 0.29) is 10.8 Å². The Morgan fingerprint density at radius 2 is 1.68 bits per heavy atom. The molecule has 28 heavy (non-hydrogen) atoms. The summed E-state index contributed by atoms with van der Waals surface area (Å²) in [6.45, 7) is 17.1. The summed E-state index contributed by atoms with van der Waals surface area (Å²) in [5.74, 6) is 1.60. The summed E-state index contributed by atoms with van der Waals surface area (Å²) in [4.78, 5) is 25.2. The molecule has 1 N–H and O–H groups in total. The second-order valence-corrected chi connectivity index (χ2v) is 9.96. The third kappa shape index (κ3) is 4.29. The Morgan fingerprint density at radius 1 is 1.07 bits per heavy atom. The van der Waals surface area contributed by atoms with E-state index in [1.165, 1.54) is 0 Å². The maximum Gasteiger partial charge on any atom is 0.250 e. The van der Waals surface area contributed by atoms with Crippen molar-refractivity contribution in [2.24, 2.45) is 10.8 Å². The molecule has 0 aromatic heterocycles. The van der Waals surface area contributed by atoms with Gasteiger partial charge in [0.25, 0.3) is 0 Å². The minimum Gasteiger partial charge on any atom is -0.464 e. The number of nitrogens with one attached hydrogen (secondary N) is 1. The lowest BCUT2D eigenvalue weighted by Crippen LogP contribution is -2.38. The molecule has 0 unspecified atom stereocenters. The minimum absolute atomic E-state index is 0.202. The van der Waals surface area contributed by atoms with Gasteiger partial charge in [0.05, 0.1) is 16.2 Å². The molecule has 1 aromatic rings. The van der Waals surface area contributed by atoms with Gasteiger partial charge in [-0.1, -0.05) is 54.9 Å². The molecule has 0 saturated carbocycles. The van der Waals surface area contributed by atoms with Gasteiger partial charge < -0.3 is 10.1 Å². The van der Waals surface area contributed by atoms with Crippen molar-refractivity contribution in [2.75, 3.05) is 11.9 Å². The van der Waals surface area contributed by atoms with Crippen molar-refractivity contribution in [3.63, 3.8) is 0 Å². The van der Waals surface area contributed by atoms with Crippen molar-refractivity contribution in [2.45, 2.75) is 68.2 Å². The molecule has 0 bridgehead atoms. The zero-order valence-electron chi connectivity index (χ0n) is 18.4. The first-order valence-electron chi connectivity index (χ1n) is 9.93. The fourth-order valence-electron chi connectivity index (χ4n) is 3.12. The normalized spacial score (nSPS) is 17.5. The maximum atomic E-state index is 12.4. The average molecular weight is 404 g/mol. The first-order valence-corrected chi connectivity index (χ1v) is 10.4. The molecule has 0 amide bonds. The highest BCUT2D eigenvalue weighted by Gasteiger charge is 2.34. The van der Waals surface area contributed by atoms with Crippen LogP contribution in [0.5, 0.6) is 0 Å². The topological polar surface area (TPSA) is 55.4 Å². The molecule has 5 heteroatoms. The average Bonchev–Trinajstić information content (AvgIpc) is 2.58. The lowest BCUT2D eigenvalue weighted by atomic mass is 9.84. The van der Waals surface area contributed by atoms with Crippen LogP contribution in [0, 0.1) is 10.8 Å². The molecule has 154 valence electrons. The van der Waals surface area contributed by atoms with Gasteiger partial charge in [-0.25, -0.2) is 0 Å². The van der Waals surface area contributed by atoms with E-state index in [2.05, 4.69) is 53.8 Å². The van der Waals surface area contributed by atoms with Crippen LogP contribution in [0.25, 0.3) is 5.57 Å². The largest absolute Gasteiger partial charge is 0.464 e. The summed E-state index contributed by atoms with van der Waals surface area (Å²) >= 11 is 4.76. The number of anilines is 1.